The minimum atomic E-state index is -0.158. The first-order valence-corrected chi connectivity index (χ1v) is 22.4. The van der Waals surface area contributed by atoms with Crippen molar-refractivity contribution in [2.24, 2.45) is 0 Å². The van der Waals surface area contributed by atoms with Gasteiger partial charge in [0.15, 0.2) is 0 Å². The van der Waals surface area contributed by atoms with Gasteiger partial charge in [-0.15, -0.1) is 0 Å². The zero-order chi connectivity index (χ0) is 44.6. The van der Waals surface area contributed by atoms with Crippen molar-refractivity contribution in [1.82, 2.24) is 15.0 Å². The molecule has 0 amide bonds. The molecule has 3 aromatic heterocycles. The van der Waals surface area contributed by atoms with Crippen molar-refractivity contribution in [2.45, 2.75) is 62.3 Å². The van der Waals surface area contributed by atoms with Gasteiger partial charge >= 0.3 is 0 Å². The molecule has 0 unspecified atom stereocenters. The third-order valence-electron chi connectivity index (χ3n) is 13.4. The number of aryl methyl sites for hydroxylation is 6. The van der Waals surface area contributed by atoms with E-state index in [1.165, 1.54) is 117 Å². The molecule has 0 radical (unpaired) electrons. The highest BCUT2D eigenvalue weighted by molar-refractivity contribution is 6.98. The molecule has 9 rings (SSSR count). The summed E-state index contributed by atoms with van der Waals surface area (Å²) in [5.41, 5.74) is 29.7. The van der Waals surface area contributed by atoms with Gasteiger partial charge in [0.2, 0.25) is 6.71 Å². The van der Waals surface area contributed by atoms with Crippen molar-refractivity contribution in [3.63, 3.8) is 0 Å². The molecule has 0 aliphatic carbocycles. The first kappa shape index (κ1) is 42.2. The summed E-state index contributed by atoms with van der Waals surface area (Å²) in [7, 11) is 0. The Balaban J connectivity index is 1.38. The maximum atomic E-state index is 4.55. The summed E-state index contributed by atoms with van der Waals surface area (Å²) in [6.45, 7) is 20.2. The van der Waals surface area contributed by atoms with Crippen molar-refractivity contribution >= 4 is 23.1 Å². The van der Waals surface area contributed by atoms with Crippen LogP contribution in [0.4, 0.5) is 0 Å². The van der Waals surface area contributed by atoms with Gasteiger partial charge < -0.3 is 0 Å². The monoisotopic (exact) mass is 827 g/mol. The normalized spacial score (nSPS) is 11.2. The van der Waals surface area contributed by atoms with Gasteiger partial charge in [0.25, 0.3) is 0 Å². The molecule has 0 saturated carbocycles. The van der Waals surface area contributed by atoms with Crippen LogP contribution >= 0.6 is 0 Å². The van der Waals surface area contributed by atoms with Crippen molar-refractivity contribution in [1.29, 1.82) is 0 Å². The smallest absolute Gasteiger partial charge is 0.243 e. The van der Waals surface area contributed by atoms with E-state index in [9.17, 15) is 0 Å². The second-order valence-electron chi connectivity index (χ2n) is 17.6. The van der Waals surface area contributed by atoms with Crippen molar-refractivity contribution < 1.29 is 0 Å². The van der Waals surface area contributed by atoms with Crippen LogP contribution in [0.1, 0.15) is 50.1 Å². The number of hydrogen-bond acceptors (Lipinski definition) is 3. The number of rotatable bonds is 9. The summed E-state index contributed by atoms with van der Waals surface area (Å²) < 4.78 is 0. The molecule has 3 nitrogen and oxygen atoms in total. The van der Waals surface area contributed by atoms with Gasteiger partial charge in [-0.05, 0) is 181 Å². The van der Waals surface area contributed by atoms with E-state index in [4.69, 9.17) is 0 Å². The molecule has 0 aliphatic heterocycles. The lowest BCUT2D eigenvalue weighted by molar-refractivity contribution is 1.28. The van der Waals surface area contributed by atoms with E-state index < -0.39 is 0 Å². The highest BCUT2D eigenvalue weighted by Gasteiger charge is 2.32. The Labute approximate surface area is 380 Å². The van der Waals surface area contributed by atoms with Gasteiger partial charge in [0, 0.05) is 53.9 Å². The maximum absolute atomic E-state index is 4.55. The average molecular weight is 828 g/mol. The maximum Gasteiger partial charge on any atom is 0.243 e. The van der Waals surface area contributed by atoms with Crippen molar-refractivity contribution in [2.75, 3.05) is 0 Å². The molecule has 0 spiro atoms. The topological polar surface area (TPSA) is 38.7 Å². The lowest BCUT2D eigenvalue weighted by atomic mass is 9.34. The summed E-state index contributed by atoms with van der Waals surface area (Å²) in [4.78, 5) is 13.7. The Morgan fingerprint density at radius 3 is 0.828 bits per heavy atom. The molecule has 0 aliphatic rings. The van der Waals surface area contributed by atoms with Crippen LogP contribution < -0.4 is 16.4 Å². The Kier molecular flexibility index (Phi) is 11.6. The fourth-order valence-electron chi connectivity index (χ4n) is 11.1. The fourth-order valence-corrected chi connectivity index (χ4v) is 11.1. The van der Waals surface area contributed by atoms with Gasteiger partial charge in [-0.1, -0.05) is 126 Å². The lowest BCUT2D eigenvalue weighted by Gasteiger charge is -2.28. The van der Waals surface area contributed by atoms with E-state index in [1.54, 1.807) is 0 Å². The molecule has 0 fully saturated rings. The predicted octanol–water partition coefficient (Wildman–Crippen LogP) is 13.2. The van der Waals surface area contributed by atoms with Crippen LogP contribution in [-0.4, -0.2) is 21.7 Å². The second-order valence-corrected chi connectivity index (χ2v) is 17.6. The molecule has 6 aromatic carbocycles. The zero-order valence-electron chi connectivity index (χ0n) is 38.5. The number of benzene rings is 6. The third kappa shape index (κ3) is 7.47. The average Bonchev–Trinajstić information content (AvgIpc) is 3.28. The quantitative estimate of drug-likeness (QED) is 0.136. The van der Waals surface area contributed by atoms with Crippen molar-refractivity contribution in [3.05, 3.63) is 215 Å². The molecule has 0 saturated heterocycles. The summed E-state index contributed by atoms with van der Waals surface area (Å²) >= 11 is 0. The van der Waals surface area contributed by atoms with Gasteiger partial charge in [-0.2, -0.15) is 0 Å². The zero-order valence-corrected chi connectivity index (χ0v) is 38.5. The molecule has 4 heteroatoms. The second kappa shape index (κ2) is 17.5. The van der Waals surface area contributed by atoms with Crippen LogP contribution in [0.3, 0.4) is 0 Å². The third-order valence-corrected chi connectivity index (χ3v) is 13.4. The molecule has 312 valence electrons. The SMILES string of the molecule is Cc1cc(C)c(-c2ccccc2B(c2ccccc2-c2c(C)cc(C)c(-c3cccnc3)c2C)c2ccccc2-c2c(C)cc(C)c(-c3cccnc3)c2C)c(C)c1-c1cccnc1. The summed E-state index contributed by atoms with van der Waals surface area (Å²) in [5, 5.41) is 0. The first-order chi connectivity index (χ1) is 31.0. The highest BCUT2D eigenvalue weighted by atomic mass is 14.6. The first-order valence-electron chi connectivity index (χ1n) is 22.4. The molecular weight excluding hydrogens is 773 g/mol. The Morgan fingerprint density at radius 1 is 0.297 bits per heavy atom. The van der Waals surface area contributed by atoms with E-state index in [2.05, 4.69) is 186 Å². The summed E-state index contributed by atoms with van der Waals surface area (Å²) in [6, 6.07) is 47.2. The van der Waals surface area contributed by atoms with Gasteiger partial charge in [-0.25, -0.2) is 0 Å². The van der Waals surface area contributed by atoms with Gasteiger partial charge in [0.05, 0.1) is 0 Å². The van der Waals surface area contributed by atoms with Crippen LogP contribution in [0, 0.1) is 62.3 Å². The fraction of sp³-hybridized carbons (Fsp3) is 0.150. The minimum Gasteiger partial charge on any atom is -0.264 e. The molecule has 0 N–H and O–H groups in total. The van der Waals surface area contributed by atoms with E-state index in [1.807, 2.05) is 55.4 Å². The number of aromatic nitrogens is 3. The number of hydrogen-bond donors (Lipinski definition) is 0. The standard InChI is InChI=1S/C60H54BN3/c1-37-31-40(4)58(43(7)55(37)46-19-16-28-62-34-46)49-22-10-13-25-52(49)61(53-26-14-11-23-50(53)59-41(5)32-38(2)56(44(59)8)47-20-17-29-63-35-47)54-27-15-12-24-51(54)60-42(6)33-39(3)57(45(60)9)48-21-18-30-64-36-48/h10-36H,1-9H3. The summed E-state index contributed by atoms with van der Waals surface area (Å²) in [6.07, 6.45) is 11.5. The molecule has 64 heavy (non-hydrogen) atoms. The van der Waals surface area contributed by atoms with E-state index in [0.29, 0.717) is 0 Å². The molecule has 3 heterocycles. The van der Waals surface area contributed by atoms with Gasteiger partial charge in [0.1, 0.15) is 0 Å². The van der Waals surface area contributed by atoms with E-state index in [-0.39, 0.29) is 6.71 Å². The minimum absolute atomic E-state index is 0.158. The van der Waals surface area contributed by atoms with Crippen LogP contribution in [0.25, 0.3) is 66.8 Å². The number of pyridine rings is 3. The van der Waals surface area contributed by atoms with Crippen LogP contribution in [0.15, 0.2) is 165 Å². The summed E-state index contributed by atoms with van der Waals surface area (Å²) in [5.74, 6) is 0. The van der Waals surface area contributed by atoms with Crippen LogP contribution in [0.2, 0.25) is 0 Å². The Hall–Kier alpha value is -7.17. The largest absolute Gasteiger partial charge is 0.264 e. The molecule has 0 atom stereocenters. The van der Waals surface area contributed by atoms with Crippen LogP contribution in [-0.2, 0) is 0 Å². The molecule has 9 aromatic rings. The predicted molar refractivity (Wildman–Crippen MR) is 273 cm³/mol. The van der Waals surface area contributed by atoms with Gasteiger partial charge in [-0.3, -0.25) is 15.0 Å². The lowest BCUT2D eigenvalue weighted by Crippen LogP contribution is -2.54. The van der Waals surface area contributed by atoms with Crippen molar-refractivity contribution in [3.8, 4) is 66.8 Å². The Bertz CT molecular complexity index is 2850. The van der Waals surface area contributed by atoms with E-state index in [0.717, 1.165) is 16.7 Å². The molecule has 0 bridgehead atoms. The van der Waals surface area contributed by atoms with E-state index >= 15 is 0 Å². The van der Waals surface area contributed by atoms with Crippen LogP contribution in [0.5, 0.6) is 0 Å². The molecular formula is C60H54BN3. The highest BCUT2D eigenvalue weighted by Crippen LogP contribution is 2.40. The Morgan fingerprint density at radius 2 is 0.562 bits per heavy atom. The number of nitrogens with zero attached hydrogens (tertiary/aromatic N) is 3.